The molecule has 1 amide bonds. The van der Waals surface area contributed by atoms with Crippen molar-refractivity contribution in [2.75, 3.05) is 39.8 Å². The van der Waals surface area contributed by atoms with Gasteiger partial charge < -0.3 is 14.5 Å². The van der Waals surface area contributed by atoms with Crippen LogP contribution in [0, 0.1) is 5.92 Å². The van der Waals surface area contributed by atoms with Crippen LogP contribution in [0.1, 0.15) is 47.0 Å². The molecule has 0 aliphatic rings. The smallest absolute Gasteiger partial charge is 0.310 e. The molecule has 0 aliphatic heterocycles. The van der Waals surface area contributed by atoms with Crippen LogP contribution in [0.4, 0.5) is 0 Å². The lowest BCUT2D eigenvalue weighted by molar-refractivity contribution is -0.146. The van der Waals surface area contributed by atoms with Gasteiger partial charge in [-0.15, -0.1) is 0 Å². The van der Waals surface area contributed by atoms with Crippen molar-refractivity contribution in [3.05, 3.63) is 0 Å². The molecule has 0 rings (SSSR count). The van der Waals surface area contributed by atoms with Crippen LogP contribution >= 0.6 is 0 Å². The number of ether oxygens (including phenoxy) is 1. The lowest BCUT2D eigenvalue weighted by Gasteiger charge is -2.25. The number of hydrogen-bond acceptors (Lipinski definition) is 4. The van der Waals surface area contributed by atoms with Gasteiger partial charge in [-0.2, -0.15) is 0 Å². The molecule has 0 fully saturated rings. The first-order valence-electron chi connectivity index (χ1n) is 8.07. The zero-order valence-corrected chi connectivity index (χ0v) is 14.4. The third-order valence-corrected chi connectivity index (χ3v) is 3.80. The molecule has 5 heteroatoms. The average Bonchev–Trinajstić information content (AvgIpc) is 2.51. The summed E-state index contributed by atoms with van der Waals surface area (Å²) in [5.41, 5.74) is 0. The predicted molar refractivity (Wildman–Crippen MR) is 85.1 cm³/mol. The van der Waals surface area contributed by atoms with E-state index in [4.69, 9.17) is 4.74 Å². The van der Waals surface area contributed by atoms with Crippen LogP contribution < -0.4 is 0 Å². The van der Waals surface area contributed by atoms with Crippen LogP contribution in [0.3, 0.4) is 0 Å². The van der Waals surface area contributed by atoms with Crippen LogP contribution in [-0.2, 0) is 14.3 Å². The molecule has 1 unspecified atom stereocenters. The van der Waals surface area contributed by atoms with Gasteiger partial charge in [0.05, 0.1) is 13.0 Å². The molecular weight excluding hydrogens is 268 g/mol. The van der Waals surface area contributed by atoms with Crippen LogP contribution in [0.2, 0.25) is 0 Å². The Morgan fingerprint density at radius 2 is 1.62 bits per heavy atom. The Kier molecular flexibility index (Phi) is 10.9. The number of hydrogen-bond donors (Lipinski definition) is 0. The zero-order chi connectivity index (χ0) is 16.3. The third kappa shape index (κ3) is 8.05. The van der Waals surface area contributed by atoms with Crippen LogP contribution in [-0.4, -0.2) is 61.5 Å². The van der Waals surface area contributed by atoms with Gasteiger partial charge in [-0.05, 0) is 32.5 Å². The van der Waals surface area contributed by atoms with Gasteiger partial charge in [0.15, 0.2) is 0 Å². The second kappa shape index (κ2) is 11.5. The van der Waals surface area contributed by atoms with Gasteiger partial charge in [0.1, 0.15) is 0 Å². The molecule has 5 nitrogen and oxygen atoms in total. The van der Waals surface area contributed by atoms with E-state index in [1.54, 1.807) is 11.8 Å². The van der Waals surface area contributed by atoms with Gasteiger partial charge in [-0.3, -0.25) is 9.59 Å². The number of esters is 1. The fourth-order valence-electron chi connectivity index (χ4n) is 2.33. The summed E-state index contributed by atoms with van der Waals surface area (Å²) in [7, 11) is 1.38. The van der Waals surface area contributed by atoms with Crippen LogP contribution in [0.25, 0.3) is 0 Å². The Morgan fingerprint density at radius 3 is 2.10 bits per heavy atom. The van der Waals surface area contributed by atoms with Crippen LogP contribution in [0.15, 0.2) is 0 Å². The lowest BCUT2D eigenvalue weighted by Crippen LogP contribution is -2.37. The highest BCUT2D eigenvalue weighted by atomic mass is 16.5. The molecule has 0 heterocycles. The van der Waals surface area contributed by atoms with E-state index in [0.717, 1.165) is 39.0 Å². The van der Waals surface area contributed by atoms with Crippen molar-refractivity contribution >= 4 is 11.9 Å². The van der Waals surface area contributed by atoms with Gasteiger partial charge >= 0.3 is 5.97 Å². The second-order valence-corrected chi connectivity index (χ2v) is 5.35. The highest BCUT2D eigenvalue weighted by Crippen LogP contribution is 2.07. The molecule has 0 saturated carbocycles. The minimum Gasteiger partial charge on any atom is -0.469 e. The molecular formula is C16H32N2O3. The maximum atomic E-state index is 12.0. The summed E-state index contributed by atoms with van der Waals surface area (Å²) in [5.74, 6) is -0.422. The fraction of sp³-hybridized carbons (Fsp3) is 0.875. The number of nitrogens with zero attached hydrogens (tertiary/aromatic N) is 2. The number of methoxy groups -OCH3 is 1. The maximum absolute atomic E-state index is 12.0. The molecule has 0 saturated heterocycles. The molecule has 0 spiro atoms. The summed E-state index contributed by atoms with van der Waals surface area (Å²) in [4.78, 5) is 27.6. The van der Waals surface area contributed by atoms with Gasteiger partial charge in [0, 0.05) is 19.5 Å². The first-order chi connectivity index (χ1) is 9.99. The monoisotopic (exact) mass is 300 g/mol. The molecule has 0 aromatic heterocycles. The number of carbonyl (C=O) groups is 2. The van der Waals surface area contributed by atoms with E-state index in [0.29, 0.717) is 13.0 Å². The van der Waals surface area contributed by atoms with Crippen molar-refractivity contribution in [3.8, 4) is 0 Å². The Hall–Kier alpha value is -1.10. The normalized spacial score (nSPS) is 12.3. The first kappa shape index (κ1) is 19.9. The second-order valence-electron chi connectivity index (χ2n) is 5.35. The Balaban J connectivity index is 4.25. The number of unbranched alkanes of at least 4 members (excludes halogenated alkanes) is 1. The number of carbonyl (C=O) groups excluding carboxylic acids is 2. The molecule has 0 radical (unpaired) electrons. The predicted octanol–water partition coefficient (Wildman–Crippen LogP) is 2.16. The quantitative estimate of drug-likeness (QED) is 0.433. The van der Waals surface area contributed by atoms with E-state index >= 15 is 0 Å². The summed E-state index contributed by atoms with van der Waals surface area (Å²) in [6.45, 7) is 12.3. The van der Waals surface area contributed by atoms with E-state index in [1.165, 1.54) is 7.11 Å². The van der Waals surface area contributed by atoms with E-state index in [9.17, 15) is 9.59 Å². The minimum atomic E-state index is -0.270. The molecule has 0 N–H and O–H groups in total. The summed E-state index contributed by atoms with van der Waals surface area (Å²) >= 11 is 0. The number of amides is 1. The van der Waals surface area contributed by atoms with E-state index in [1.807, 2.05) is 6.92 Å². The Labute approximate surface area is 129 Å². The minimum absolute atomic E-state index is 0.105. The fourth-order valence-corrected chi connectivity index (χ4v) is 2.33. The van der Waals surface area contributed by atoms with Crippen molar-refractivity contribution < 1.29 is 14.3 Å². The summed E-state index contributed by atoms with van der Waals surface area (Å²) in [6.07, 6.45) is 2.52. The molecule has 0 aliphatic carbocycles. The van der Waals surface area contributed by atoms with Crippen molar-refractivity contribution in [1.29, 1.82) is 0 Å². The van der Waals surface area contributed by atoms with Crippen molar-refractivity contribution in [2.24, 2.45) is 5.92 Å². The molecule has 1 atom stereocenters. The summed E-state index contributed by atoms with van der Waals surface area (Å²) in [5, 5.41) is 0. The summed E-state index contributed by atoms with van der Waals surface area (Å²) in [6, 6.07) is 0. The third-order valence-electron chi connectivity index (χ3n) is 3.80. The first-order valence-corrected chi connectivity index (χ1v) is 8.07. The molecule has 0 bridgehead atoms. The maximum Gasteiger partial charge on any atom is 0.310 e. The molecule has 0 aromatic rings. The standard InChI is InChI=1S/C16H32N2O3/c1-6-15(19)18(13-14(4)16(20)21-5)12-10-9-11-17(7-2)8-3/h14H,6-13H2,1-5H3. The molecule has 124 valence electrons. The SMILES string of the molecule is CCC(=O)N(CCCCN(CC)CC)CC(C)C(=O)OC. The van der Waals surface area contributed by atoms with Crippen molar-refractivity contribution in [2.45, 2.75) is 47.0 Å². The van der Waals surface area contributed by atoms with Gasteiger partial charge in [-0.1, -0.05) is 27.7 Å². The largest absolute Gasteiger partial charge is 0.469 e. The van der Waals surface area contributed by atoms with Crippen LogP contribution in [0.5, 0.6) is 0 Å². The highest BCUT2D eigenvalue weighted by molar-refractivity contribution is 5.77. The molecule has 21 heavy (non-hydrogen) atoms. The number of rotatable bonds is 11. The Morgan fingerprint density at radius 1 is 1.05 bits per heavy atom. The van der Waals surface area contributed by atoms with Crippen molar-refractivity contribution in [1.82, 2.24) is 9.80 Å². The van der Waals surface area contributed by atoms with E-state index in [2.05, 4.69) is 18.7 Å². The van der Waals surface area contributed by atoms with Crippen molar-refractivity contribution in [3.63, 3.8) is 0 Å². The zero-order valence-electron chi connectivity index (χ0n) is 14.4. The van der Waals surface area contributed by atoms with Gasteiger partial charge in [0.25, 0.3) is 0 Å². The van der Waals surface area contributed by atoms with Gasteiger partial charge in [0.2, 0.25) is 5.91 Å². The highest BCUT2D eigenvalue weighted by Gasteiger charge is 2.20. The average molecular weight is 300 g/mol. The van der Waals surface area contributed by atoms with Gasteiger partial charge in [-0.25, -0.2) is 0 Å². The lowest BCUT2D eigenvalue weighted by atomic mass is 10.1. The van der Waals surface area contributed by atoms with E-state index < -0.39 is 0 Å². The topological polar surface area (TPSA) is 49.9 Å². The van der Waals surface area contributed by atoms with E-state index in [-0.39, 0.29) is 17.8 Å². The molecule has 0 aromatic carbocycles. The summed E-state index contributed by atoms with van der Waals surface area (Å²) < 4.78 is 4.73. The Bertz CT molecular complexity index is 304.